The molecular weight excluding hydrogens is 320 g/mol. The van der Waals surface area contributed by atoms with Gasteiger partial charge in [0.15, 0.2) is 0 Å². The van der Waals surface area contributed by atoms with Crippen LogP contribution in [0.25, 0.3) is 0 Å². The number of nitrogen functional groups attached to an aromatic ring is 1. The Bertz CT molecular complexity index is 919. The van der Waals surface area contributed by atoms with Gasteiger partial charge in [0.05, 0.1) is 11.1 Å². The summed E-state index contributed by atoms with van der Waals surface area (Å²) in [6, 6.07) is 11.5. The molecule has 0 saturated heterocycles. The molecule has 0 unspecified atom stereocenters. The van der Waals surface area contributed by atoms with E-state index in [9.17, 15) is 18.0 Å². The number of nitrogens with two attached hydrogens (primary N) is 1. The van der Waals surface area contributed by atoms with Crippen molar-refractivity contribution in [2.45, 2.75) is 6.42 Å². The largest absolute Gasteiger partial charge is 0.399 e. The van der Waals surface area contributed by atoms with Gasteiger partial charge in [0.25, 0.3) is 11.8 Å². The predicted octanol–water partition coefficient (Wildman–Crippen LogP) is 1.26. The van der Waals surface area contributed by atoms with Crippen molar-refractivity contribution in [2.75, 3.05) is 5.73 Å². The Labute approximate surface area is 132 Å². The first kappa shape index (κ1) is 15.2. The Morgan fingerprint density at radius 2 is 1.65 bits per heavy atom. The Kier molecular flexibility index (Phi) is 3.42. The molecule has 118 valence electrons. The molecule has 0 atom stereocenters. The highest BCUT2D eigenvalue weighted by Crippen LogP contribution is 2.29. The van der Waals surface area contributed by atoms with E-state index in [2.05, 4.69) is 0 Å². The molecule has 1 aliphatic rings. The molecular formula is C15H12N2O5S. The van der Waals surface area contributed by atoms with E-state index in [0.717, 1.165) is 5.56 Å². The fourth-order valence-electron chi connectivity index (χ4n) is 2.55. The molecule has 0 saturated carbocycles. The SMILES string of the molecule is Nc1ccc(Cc2cccc3c2C(=O)N(S(=O)(=O)O)C3=O)cc1. The van der Waals surface area contributed by atoms with Gasteiger partial charge in [-0.3, -0.25) is 14.1 Å². The summed E-state index contributed by atoms with van der Waals surface area (Å²) < 4.78 is 31.5. The summed E-state index contributed by atoms with van der Waals surface area (Å²) in [7, 11) is -4.95. The summed E-state index contributed by atoms with van der Waals surface area (Å²) in [5.74, 6) is -2.09. The molecule has 1 aliphatic heterocycles. The number of anilines is 1. The number of carbonyl (C=O) groups excluding carboxylic acids is 2. The monoisotopic (exact) mass is 332 g/mol. The molecule has 8 heteroatoms. The highest BCUT2D eigenvalue weighted by molar-refractivity contribution is 7.84. The van der Waals surface area contributed by atoms with E-state index in [1.54, 1.807) is 36.4 Å². The highest BCUT2D eigenvalue weighted by Gasteiger charge is 2.43. The fraction of sp³-hybridized carbons (Fsp3) is 0.0667. The highest BCUT2D eigenvalue weighted by atomic mass is 32.2. The molecule has 3 N–H and O–H groups in total. The second kappa shape index (κ2) is 5.18. The number of rotatable bonds is 3. The minimum atomic E-state index is -4.95. The van der Waals surface area contributed by atoms with E-state index >= 15 is 0 Å². The number of fused-ring (bicyclic) bond motifs is 1. The van der Waals surface area contributed by atoms with Gasteiger partial charge in [-0.15, -0.1) is 4.31 Å². The van der Waals surface area contributed by atoms with Crippen molar-refractivity contribution in [1.29, 1.82) is 0 Å². The standard InChI is InChI=1S/C15H12N2O5S/c16-11-6-4-9(5-7-11)8-10-2-1-3-12-13(10)15(19)17(14(12)18)23(20,21)22/h1-7H,8,16H2,(H,20,21,22). The number of carbonyl (C=O) groups is 2. The third kappa shape index (κ3) is 2.58. The molecule has 0 radical (unpaired) electrons. The average molecular weight is 332 g/mol. The van der Waals surface area contributed by atoms with Crippen LogP contribution in [0.1, 0.15) is 31.8 Å². The third-order valence-corrected chi connectivity index (χ3v) is 4.36. The topological polar surface area (TPSA) is 118 Å². The minimum absolute atomic E-state index is 0.00745. The van der Waals surface area contributed by atoms with Crippen LogP contribution in [0.2, 0.25) is 0 Å². The van der Waals surface area contributed by atoms with E-state index in [1.807, 2.05) is 0 Å². The van der Waals surface area contributed by atoms with Crippen LogP contribution in [0.3, 0.4) is 0 Å². The maximum atomic E-state index is 12.3. The number of hydrogen-bond acceptors (Lipinski definition) is 5. The van der Waals surface area contributed by atoms with Crippen LogP contribution in [0.4, 0.5) is 5.69 Å². The van der Waals surface area contributed by atoms with Gasteiger partial charge in [-0.2, -0.15) is 8.42 Å². The summed E-state index contributed by atoms with van der Waals surface area (Å²) in [5, 5.41) is 0. The zero-order valence-electron chi connectivity index (χ0n) is 11.8. The van der Waals surface area contributed by atoms with Gasteiger partial charge in [-0.25, -0.2) is 0 Å². The summed E-state index contributed by atoms with van der Waals surface area (Å²) in [5.41, 5.74) is 7.50. The number of amides is 2. The van der Waals surface area contributed by atoms with Gasteiger partial charge < -0.3 is 5.73 Å². The lowest BCUT2D eigenvalue weighted by molar-refractivity contribution is 0.0755. The predicted molar refractivity (Wildman–Crippen MR) is 82.2 cm³/mol. The van der Waals surface area contributed by atoms with Crippen LogP contribution >= 0.6 is 0 Å². The average Bonchev–Trinajstić information content (AvgIpc) is 2.74. The number of nitrogens with zero attached hydrogens (tertiary/aromatic N) is 1. The van der Waals surface area contributed by atoms with Gasteiger partial charge in [-0.1, -0.05) is 24.3 Å². The summed E-state index contributed by atoms with van der Waals surface area (Å²) in [6.07, 6.45) is 0.321. The number of imide groups is 1. The number of benzene rings is 2. The molecule has 0 fully saturated rings. The first-order chi connectivity index (χ1) is 10.8. The molecule has 23 heavy (non-hydrogen) atoms. The Morgan fingerprint density at radius 1 is 1.00 bits per heavy atom. The summed E-state index contributed by atoms with van der Waals surface area (Å²) in [6.45, 7) is 0. The molecule has 0 spiro atoms. The number of hydrogen-bond donors (Lipinski definition) is 2. The lowest BCUT2D eigenvalue weighted by Gasteiger charge is -2.09. The quantitative estimate of drug-likeness (QED) is 0.496. The summed E-state index contributed by atoms with van der Waals surface area (Å²) in [4.78, 5) is 24.3. The van der Waals surface area contributed by atoms with E-state index in [-0.39, 0.29) is 15.4 Å². The van der Waals surface area contributed by atoms with Crippen LogP contribution in [0.15, 0.2) is 42.5 Å². The van der Waals surface area contributed by atoms with E-state index in [1.165, 1.54) is 6.07 Å². The minimum Gasteiger partial charge on any atom is -0.399 e. The lowest BCUT2D eigenvalue weighted by atomic mass is 9.97. The van der Waals surface area contributed by atoms with E-state index < -0.39 is 22.1 Å². The van der Waals surface area contributed by atoms with Gasteiger partial charge in [0.2, 0.25) is 0 Å². The second-order valence-corrected chi connectivity index (χ2v) is 6.37. The Morgan fingerprint density at radius 3 is 2.26 bits per heavy atom. The normalized spacial score (nSPS) is 14.2. The van der Waals surface area contributed by atoms with E-state index in [0.29, 0.717) is 17.7 Å². The van der Waals surface area contributed by atoms with Gasteiger partial charge in [-0.05, 0) is 35.7 Å². The maximum Gasteiger partial charge on any atom is 0.369 e. The second-order valence-electron chi connectivity index (χ2n) is 5.11. The lowest BCUT2D eigenvalue weighted by Crippen LogP contribution is -2.35. The molecule has 2 aromatic carbocycles. The third-order valence-electron chi connectivity index (χ3n) is 3.57. The van der Waals surface area contributed by atoms with Crippen molar-refractivity contribution < 1.29 is 22.6 Å². The van der Waals surface area contributed by atoms with Crippen LogP contribution in [0, 0.1) is 0 Å². The fourth-order valence-corrected chi connectivity index (χ4v) is 3.16. The van der Waals surface area contributed by atoms with Crippen LogP contribution in [0.5, 0.6) is 0 Å². The zero-order chi connectivity index (χ0) is 16.8. The molecule has 0 aliphatic carbocycles. The van der Waals surface area contributed by atoms with Crippen molar-refractivity contribution in [1.82, 2.24) is 4.31 Å². The molecule has 0 bridgehead atoms. The van der Waals surface area contributed by atoms with Gasteiger partial charge in [0.1, 0.15) is 0 Å². The van der Waals surface area contributed by atoms with Crippen LogP contribution in [-0.4, -0.2) is 29.1 Å². The zero-order valence-corrected chi connectivity index (χ0v) is 12.6. The molecule has 0 aromatic heterocycles. The van der Waals surface area contributed by atoms with Crippen LogP contribution < -0.4 is 5.73 Å². The van der Waals surface area contributed by atoms with Crippen molar-refractivity contribution >= 4 is 27.8 Å². The smallest absolute Gasteiger partial charge is 0.369 e. The molecule has 1 heterocycles. The molecule has 3 rings (SSSR count). The first-order valence-electron chi connectivity index (χ1n) is 6.62. The van der Waals surface area contributed by atoms with Crippen molar-refractivity contribution in [3.63, 3.8) is 0 Å². The first-order valence-corrected chi connectivity index (χ1v) is 8.01. The van der Waals surface area contributed by atoms with Crippen molar-refractivity contribution in [3.8, 4) is 0 Å². The maximum absolute atomic E-state index is 12.3. The van der Waals surface area contributed by atoms with Crippen molar-refractivity contribution in [3.05, 3.63) is 64.7 Å². The molecule has 2 aromatic rings. The Balaban J connectivity index is 2.06. The molecule has 7 nitrogen and oxygen atoms in total. The van der Waals surface area contributed by atoms with Crippen molar-refractivity contribution in [2.24, 2.45) is 0 Å². The Hall–Kier alpha value is -2.71. The van der Waals surface area contributed by atoms with Gasteiger partial charge >= 0.3 is 10.3 Å². The van der Waals surface area contributed by atoms with E-state index in [4.69, 9.17) is 10.3 Å². The van der Waals surface area contributed by atoms with Crippen LogP contribution in [-0.2, 0) is 16.7 Å². The summed E-state index contributed by atoms with van der Waals surface area (Å²) >= 11 is 0. The van der Waals surface area contributed by atoms with Gasteiger partial charge in [0, 0.05) is 5.69 Å². The molecule has 2 amide bonds.